The lowest BCUT2D eigenvalue weighted by atomic mass is 10.1. The topological polar surface area (TPSA) is 65.3 Å². The third-order valence-corrected chi connectivity index (χ3v) is 2.78. The summed E-state index contributed by atoms with van der Waals surface area (Å²) in [7, 11) is 1.44. The van der Waals surface area contributed by atoms with Gasteiger partial charge in [-0.3, -0.25) is 10.1 Å². The number of pyridine rings is 1. The van der Waals surface area contributed by atoms with Crippen molar-refractivity contribution in [3.63, 3.8) is 0 Å². The Labute approximate surface area is 102 Å². The molecule has 6 heteroatoms. The van der Waals surface area contributed by atoms with E-state index in [2.05, 4.69) is 4.98 Å². The van der Waals surface area contributed by atoms with Crippen LogP contribution in [0.1, 0.15) is 5.56 Å². The molecule has 2 rings (SSSR count). The lowest BCUT2D eigenvalue weighted by Crippen LogP contribution is -1.96. The molecule has 0 radical (unpaired) electrons. The molecule has 0 aliphatic carbocycles. The fourth-order valence-electron chi connectivity index (χ4n) is 1.67. The third kappa shape index (κ3) is 1.89. The maximum Gasteiger partial charge on any atom is 0.295 e. The van der Waals surface area contributed by atoms with E-state index >= 15 is 0 Å². The molecule has 2 aromatic rings. The number of nitro groups is 1. The van der Waals surface area contributed by atoms with Crippen LogP contribution in [0.5, 0.6) is 5.88 Å². The van der Waals surface area contributed by atoms with Crippen molar-refractivity contribution in [2.75, 3.05) is 7.11 Å². The Morgan fingerprint density at radius 2 is 2.18 bits per heavy atom. The fraction of sp³-hybridized carbons (Fsp3) is 0.182. The molecular weight excluding hydrogens is 244 g/mol. The molecule has 0 fully saturated rings. The summed E-state index contributed by atoms with van der Waals surface area (Å²) in [6.45, 7) is 1.83. The number of halogens is 1. The van der Waals surface area contributed by atoms with E-state index in [-0.39, 0.29) is 17.1 Å². The number of non-ortho nitro benzene ring substituents is 1. The lowest BCUT2D eigenvalue weighted by molar-refractivity contribution is -0.383. The second-order valence-electron chi connectivity index (χ2n) is 3.53. The number of aryl methyl sites for hydroxylation is 1. The van der Waals surface area contributed by atoms with E-state index in [4.69, 9.17) is 16.3 Å². The van der Waals surface area contributed by atoms with Crippen molar-refractivity contribution in [3.05, 3.63) is 38.9 Å². The smallest absolute Gasteiger partial charge is 0.295 e. The molecule has 1 aromatic heterocycles. The summed E-state index contributed by atoms with van der Waals surface area (Å²) < 4.78 is 4.96. The highest BCUT2D eigenvalue weighted by molar-refractivity contribution is 6.36. The molecule has 5 nitrogen and oxygen atoms in total. The second kappa shape index (κ2) is 4.18. The van der Waals surface area contributed by atoms with Gasteiger partial charge in [0.25, 0.3) is 5.69 Å². The lowest BCUT2D eigenvalue weighted by Gasteiger charge is -2.06. The maximum atomic E-state index is 10.9. The van der Waals surface area contributed by atoms with E-state index in [0.717, 1.165) is 5.56 Å². The zero-order valence-electron chi connectivity index (χ0n) is 9.23. The average Bonchev–Trinajstić information content (AvgIpc) is 2.28. The predicted octanol–water partition coefficient (Wildman–Crippen LogP) is 3.11. The molecule has 17 heavy (non-hydrogen) atoms. The van der Waals surface area contributed by atoms with Gasteiger partial charge in [-0.2, -0.15) is 0 Å². The predicted molar refractivity (Wildman–Crippen MR) is 64.7 cm³/mol. The first-order chi connectivity index (χ1) is 8.04. The van der Waals surface area contributed by atoms with Gasteiger partial charge in [0.1, 0.15) is 0 Å². The number of methoxy groups -OCH3 is 1. The van der Waals surface area contributed by atoms with Gasteiger partial charge in [-0.15, -0.1) is 0 Å². The van der Waals surface area contributed by atoms with Crippen molar-refractivity contribution in [2.24, 2.45) is 0 Å². The molecule has 0 amide bonds. The fourth-order valence-corrected chi connectivity index (χ4v) is 2.00. The van der Waals surface area contributed by atoms with E-state index in [0.29, 0.717) is 10.4 Å². The number of hydrogen-bond donors (Lipinski definition) is 0. The number of nitrogens with zero attached hydrogens (tertiary/aromatic N) is 2. The number of benzene rings is 1. The van der Waals surface area contributed by atoms with Crippen molar-refractivity contribution in [1.29, 1.82) is 0 Å². The van der Waals surface area contributed by atoms with Gasteiger partial charge in [-0.05, 0) is 12.5 Å². The number of hydrogen-bond acceptors (Lipinski definition) is 4. The number of aromatic nitrogens is 1. The van der Waals surface area contributed by atoms with Crippen LogP contribution in [0.3, 0.4) is 0 Å². The third-order valence-electron chi connectivity index (χ3n) is 2.48. The summed E-state index contributed by atoms with van der Waals surface area (Å²) in [6, 6.07) is 4.61. The molecule has 0 unspecified atom stereocenters. The van der Waals surface area contributed by atoms with Crippen LogP contribution in [-0.2, 0) is 0 Å². The maximum absolute atomic E-state index is 10.9. The molecule has 88 valence electrons. The standard InChI is InChI=1S/C11H9ClN2O3/c1-6-3-4-8(14(15)16)11-10(6)7(12)5-9(13-11)17-2/h3-5H,1-2H3. The summed E-state index contributed by atoms with van der Waals surface area (Å²) in [5.41, 5.74) is 1.01. The Morgan fingerprint density at radius 3 is 2.76 bits per heavy atom. The van der Waals surface area contributed by atoms with Gasteiger partial charge in [-0.25, -0.2) is 4.98 Å². The van der Waals surface area contributed by atoms with E-state index < -0.39 is 4.92 Å². The Balaban J connectivity index is 2.92. The van der Waals surface area contributed by atoms with Gasteiger partial charge >= 0.3 is 0 Å². The van der Waals surface area contributed by atoms with E-state index in [1.807, 2.05) is 6.92 Å². The zero-order chi connectivity index (χ0) is 12.6. The summed E-state index contributed by atoms with van der Waals surface area (Å²) in [5, 5.41) is 11.9. The number of rotatable bonds is 2. The SMILES string of the molecule is COc1cc(Cl)c2c(C)ccc([N+](=O)[O-])c2n1. The Morgan fingerprint density at radius 1 is 1.47 bits per heavy atom. The minimum Gasteiger partial charge on any atom is -0.481 e. The van der Waals surface area contributed by atoms with Gasteiger partial charge < -0.3 is 4.74 Å². The summed E-state index contributed by atoms with van der Waals surface area (Å²) in [4.78, 5) is 14.5. The number of ether oxygens (including phenoxy) is 1. The first-order valence-electron chi connectivity index (χ1n) is 4.83. The van der Waals surface area contributed by atoms with Crippen molar-refractivity contribution in [3.8, 4) is 5.88 Å². The van der Waals surface area contributed by atoms with Crippen molar-refractivity contribution >= 4 is 28.2 Å². The van der Waals surface area contributed by atoms with Crippen LogP contribution in [0.25, 0.3) is 10.9 Å². The number of fused-ring (bicyclic) bond motifs is 1. The van der Waals surface area contributed by atoms with Crippen molar-refractivity contribution in [2.45, 2.75) is 6.92 Å². The van der Waals surface area contributed by atoms with Crippen molar-refractivity contribution in [1.82, 2.24) is 4.98 Å². The molecule has 0 atom stereocenters. The number of nitro benzene ring substituents is 1. The molecule has 1 heterocycles. The first kappa shape index (κ1) is 11.6. The van der Waals surface area contributed by atoms with E-state index in [1.54, 1.807) is 12.1 Å². The van der Waals surface area contributed by atoms with E-state index in [9.17, 15) is 10.1 Å². The highest BCUT2D eigenvalue weighted by atomic mass is 35.5. The molecule has 0 N–H and O–H groups in total. The van der Waals surface area contributed by atoms with Crippen LogP contribution >= 0.6 is 11.6 Å². The van der Waals surface area contributed by atoms with Crippen LogP contribution in [0.15, 0.2) is 18.2 Å². The summed E-state index contributed by atoms with van der Waals surface area (Å²) in [5.74, 6) is 0.260. The van der Waals surface area contributed by atoms with Crippen LogP contribution in [0, 0.1) is 17.0 Å². The van der Waals surface area contributed by atoms with Crippen LogP contribution in [0.4, 0.5) is 5.69 Å². The molecule has 0 aliphatic heterocycles. The Kier molecular flexibility index (Phi) is 2.85. The normalized spacial score (nSPS) is 10.5. The minimum atomic E-state index is -0.482. The zero-order valence-corrected chi connectivity index (χ0v) is 9.99. The van der Waals surface area contributed by atoms with E-state index in [1.165, 1.54) is 13.2 Å². The minimum absolute atomic E-state index is 0.0774. The van der Waals surface area contributed by atoms with Crippen LogP contribution < -0.4 is 4.74 Å². The van der Waals surface area contributed by atoms with Crippen LogP contribution in [-0.4, -0.2) is 17.0 Å². The quantitative estimate of drug-likeness (QED) is 0.608. The second-order valence-corrected chi connectivity index (χ2v) is 3.94. The van der Waals surface area contributed by atoms with Gasteiger partial charge in [-0.1, -0.05) is 17.7 Å². The average molecular weight is 253 g/mol. The van der Waals surface area contributed by atoms with Gasteiger partial charge in [0.15, 0.2) is 5.52 Å². The summed E-state index contributed by atoms with van der Waals surface area (Å²) >= 11 is 6.08. The van der Waals surface area contributed by atoms with Crippen LogP contribution in [0.2, 0.25) is 5.02 Å². The highest BCUT2D eigenvalue weighted by Gasteiger charge is 2.17. The highest BCUT2D eigenvalue weighted by Crippen LogP contribution is 2.33. The van der Waals surface area contributed by atoms with Gasteiger partial charge in [0, 0.05) is 17.5 Å². The Bertz CT molecular complexity index is 613. The molecule has 1 aromatic carbocycles. The Hall–Kier alpha value is -1.88. The molecular formula is C11H9ClN2O3. The monoisotopic (exact) mass is 252 g/mol. The van der Waals surface area contributed by atoms with Gasteiger partial charge in [0.2, 0.25) is 5.88 Å². The largest absolute Gasteiger partial charge is 0.481 e. The van der Waals surface area contributed by atoms with Gasteiger partial charge in [0.05, 0.1) is 17.1 Å². The molecule has 0 aliphatic rings. The van der Waals surface area contributed by atoms with Crippen molar-refractivity contribution < 1.29 is 9.66 Å². The molecule has 0 saturated heterocycles. The summed E-state index contributed by atoms with van der Waals surface area (Å²) in [6.07, 6.45) is 0. The first-order valence-corrected chi connectivity index (χ1v) is 5.20. The molecule has 0 bridgehead atoms. The molecule has 0 saturated carbocycles. The molecule has 0 spiro atoms.